The highest BCUT2D eigenvalue weighted by atomic mass is 35.5. The van der Waals surface area contributed by atoms with Gasteiger partial charge in [0.05, 0.1) is 34.8 Å². The first kappa shape index (κ1) is 12.1. The van der Waals surface area contributed by atoms with E-state index >= 15 is 0 Å². The minimum absolute atomic E-state index is 0.0807. The number of aromatic nitrogens is 1. The Morgan fingerprint density at radius 2 is 2.12 bits per heavy atom. The molecule has 0 atom stereocenters. The fourth-order valence-electron chi connectivity index (χ4n) is 1.53. The summed E-state index contributed by atoms with van der Waals surface area (Å²) in [7, 11) is 1.33. The fourth-order valence-corrected chi connectivity index (χ4v) is 2.03. The summed E-state index contributed by atoms with van der Waals surface area (Å²) in [6.45, 7) is 0. The maximum Gasteiger partial charge on any atom is 0.311 e. The predicted octanol–water partition coefficient (Wildman–Crippen LogP) is 3.26. The summed E-state index contributed by atoms with van der Waals surface area (Å²) in [5.41, 5.74) is 1.14. The molecule has 0 aliphatic carbocycles. The SMILES string of the molecule is COC(=O)Cc1cc(Cl)c2cccc(Cl)c2n1. The third-order valence-corrected chi connectivity index (χ3v) is 2.96. The lowest BCUT2D eigenvalue weighted by molar-refractivity contribution is -0.139. The molecule has 0 amide bonds. The lowest BCUT2D eigenvalue weighted by Gasteiger charge is -2.05. The molecule has 17 heavy (non-hydrogen) atoms. The van der Waals surface area contributed by atoms with E-state index in [0.29, 0.717) is 21.3 Å². The van der Waals surface area contributed by atoms with Crippen molar-refractivity contribution in [1.82, 2.24) is 4.98 Å². The van der Waals surface area contributed by atoms with Crippen molar-refractivity contribution in [3.63, 3.8) is 0 Å². The van der Waals surface area contributed by atoms with E-state index in [1.807, 2.05) is 6.07 Å². The van der Waals surface area contributed by atoms with Crippen LogP contribution in [0.4, 0.5) is 0 Å². The summed E-state index contributed by atoms with van der Waals surface area (Å²) in [6, 6.07) is 7.02. The number of esters is 1. The zero-order chi connectivity index (χ0) is 12.4. The van der Waals surface area contributed by atoms with Gasteiger partial charge in [-0.25, -0.2) is 0 Å². The van der Waals surface area contributed by atoms with Gasteiger partial charge in [-0.05, 0) is 12.1 Å². The number of methoxy groups -OCH3 is 1. The Bertz CT molecular complexity index is 584. The van der Waals surface area contributed by atoms with Gasteiger partial charge < -0.3 is 4.74 Å². The van der Waals surface area contributed by atoms with Gasteiger partial charge in [-0.15, -0.1) is 0 Å². The summed E-state index contributed by atoms with van der Waals surface area (Å²) in [6.07, 6.45) is 0.0807. The van der Waals surface area contributed by atoms with Crippen LogP contribution in [0.15, 0.2) is 24.3 Å². The van der Waals surface area contributed by atoms with Crippen LogP contribution in [0.2, 0.25) is 10.0 Å². The van der Waals surface area contributed by atoms with Crippen molar-refractivity contribution in [2.45, 2.75) is 6.42 Å². The number of rotatable bonds is 2. The largest absolute Gasteiger partial charge is 0.469 e. The molecule has 0 unspecified atom stereocenters. The van der Waals surface area contributed by atoms with E-state index in [0.717, 1.165) is 5.39 Å². The minimum Gasteiger partial charge on any atom is -0.469 e. The predicted molar refractivity (Wildman–Crippen MR) is 67.5 cm³/mol. The second kappa shape index (κ2) is 4.90. The molecule has 0 aliphatic heterocycles. The fraction of sp³-hybridized carbons (Fsp3) is 0.167. The number of para-hydroxylation sites is 1. The summed E-state index contributed by atoms with van der Waals surface area (Å²) in [5, 5.41) is 1.81. The van der Waals surface area contributed by atoms with Gasteiger partial charge in [0.1, 0.15) is 0 Å². The second-order valence-corrected chi connectivity index (χ2v) is 4.30. The Morgan fingerprint density at radius 3 is 2.82 bits per heavy atom. The Kier molecular flexibility index (Phi) is 3.50. The number of halogens is 2. The molecule has 1 aromatic heterocycles. The highest BCUT2D eigenvalue weighted by Gasteiger charge is 2.10. The third kappa shape index (κ3) is 2.51. The van der Waals surface area contributed by atoms with Crippen molar-refractivity contribution in [2.24, 2.45) is 0 Å². The molecule has 0 aliphatic rings. The topological polar surface area (TPSA) is 39.2 Å². The van der Waals surface area contributed by atoms with Gasteiger partial charge in [0.2, 0.25) is 0 Å². The number of hydrogen-bond donors (Lipinski definition) is 0. The molecule has 2 rings (SSSR count). The van der Waals surface area contributed by atoms with Crippen LogP contribution < -0.4 is 0 Å². The molecule has 0 spiro atoms. The highest BCUT2D eigenvalue weighted by Crippen LogP contribution is 2.28. The number of fused-ring (bicyclic) bond motifs is 1. The number of benzene rings is 1. The van der Waals surface area contributed by atoms with E-state index < -0.39 is 0 Å². The summed E-state index contributed by atoms with van der Waals surface area (Å²) in [4.78, 5) is 15.5. The standard InChI is InChI=1S/C12H9Cl2NO2/c1-17-11(16)6-7-5-10(14)8-3-2-4-9(13)12(8)15-7/h2-5H,6H2,1H3. The molecule has 1 heterocycles. The zero-order valence-corrected chi connectivity index (χ0v) is 10.5. The molecule has 0 N–H and O–H groups in total. The number of nitrogens with zero attached hydrogens (tertiary/aromatic N) is 1. The molecular weight excluding hydrogens is 261 g/mol. The highest BCUT2D eigenvalue weighted by molar-refractivity contribution is 6.39. The Morgan fingerprint density at radius 1 is 1.35 bits per heavy atom. The summed E-state index contributed by atoms with van der Waals surface area (Å²) in [5.74, 6) is -0.361. The molecule has 0 saturated carbocycles. The third-order valence-electron chi connectivity index (χ3n) is 2.35. The molecule has 0 fully saturated rings. The maximum atomic E-state index is 11.2. The van der Waals surface area contributed by atoms with Gasteiger partial charge in [-0.3, -0.25) is 9.78 Å². The van der Waals surface area contributed by atoms with Crippen molar-refractivity contribution in [3.8, 4) is 0 Å². The van der Waals surface area contributed by atoms with Crippen LogP contribution in [0.25, 0.3) is 10.9 Å². The molecule has 5 heteroatoms. The molecule has 2 aromatic rings. The smallest absolute Gasteiger partial charge is 0.311 e. The van der Waals surface area contributed by atoms with Crippen molar-refractivity contribution in [2.75, 3.05) is 7.11 Å². The average molecular weight is 270 g/mol. The second-order valence-electron chi connectivity index (χ2n) is 3.48. The molecule has 3 nitrogen and oxygen atoms in total. The van der Waals surface area contributed by atoms with E-state index in [-0.39, 0.29) is 12.4 Å². The Hall–Kier alpha value is -1.32. The number of carbonyl (C=O) groups is 1. The molecular formula is C12H9Cl2NO2. The quantitative estimate of drug-likeness (QED) is 0.786. The molecule has 88 valence electrons. The number of pyridine rings is 1. The average Bonchev–Trinajstić information content (AvgIpc) is 2.30. The van der Waals surface area contributed by atoms with Gasteiger partial charge in [-0.1, -0.05) is 35.3 Å². The molecule has 0 saturated heterocycles. The first-order chi connectivity index (χ1) is 8.11. The van der Waals surface area contributed by atoms with Crippen LogP contribution in [0.3, 0.4) is 0 Å². The van der Waals surface area contributed by atoms with Crippen molar-refractivity contribution < 1.29 is 9.53 Å². The van der Waals surface area contributed by atoms with Gasteiger partial charge in [0.25, 0.3) is 0 Å². The molecule has 1 aromatic carbocycles. The van der Waals surface area contributed by atoms with Crippen molar-refractivity contribution in [1.29, 1.82) is 0 Å². The van der Waals surface area contributed by atoms with Crippen LogP contribution in [-0.2, 0) is 16.0 Å². The number of ether oxygens (including phenoxy) is 1. The lowest BCUT2D eigenvalue weighted by Crippen LogP contribution is -2.06. The minimum atomic E-state index is -0.361. The van der Waals surface area contributed by atoms with E-state index in [4.69, 9.17) is 23.2 Å². The molecule has 0 bridgehead atoms. The number of hydrogen-bond acceptors (Lipinski definition) is 3. The maximum absolute atomic E-state index is 11.2. The normalized spacial score (nSPS) is 10.5. The Labute approximate surface area is 108 Å². The van der Waals surface area contributed by atoms with E-state index in [2.05, 4.69) is 9.72 Å². The van der Waals surface area contributed by atoms with Gasteiger partial charge in [0.15, 0.2) is 0 Å². The first-order valence-corrected chi connectivity index (χ1v) is 5.68. The Balaban J connectivity index is 2.54. The van der Waals surface area contributed by atoms with E-state index in [1.54, 1.807) is 18.2 Å². The first-order valence-electron chi connectivity index (χ1n) is 4.92. The van der Waals surface area contributed by atoms with Crippen LogP contribution in [-0.4, -0.2) is 18.1 Å². The van der Waals surface area contributed by atoms with Crippen LogP contribution in [0.1, 0.15) is 5.69 Å². The lowest BCUT2D eigenvalue weighted by atomic mass is 10.2. The van der Waals surface area contributed by atoms with Gasteiger partial charge in [-0.2, -0.15) is 0 Å². The summed E-state index contributed by atoms with van der Waals surface area (Å²) >= 11 is 12.1. The molecule has 0 radical (unpaired) electrons. The zero-order valence-electron chi connectivity index (χ0n) is 9.04. The van der Waals surface area contributed by atoms with Crippen LogP contribution in [0, 0.1) is 0 Å². The van der Waals surface area contributed by atoms with Crippen LogP contribution >= 0.6 is 23.2 Å². The number of carbonyl (C=O) groups excluding carboxylic acids is 1. The summed E-state index contributed by atoms with van der Waals surface area (Å²) < 4.78 is 4.58. The van der Waals surface area contributed by atoms with Gasteiger partial charge >= 0.3 is 5.97 Å². The van der Waals surface area contributed by atoms with Crippen LogP contribution in [0.5, 0.6) is 0 Å². The van der Waals surface area contributed by atoms with Crippen molar-refractivity contribution in [3.05, 3.63) is 40.0 Å². The van der Waals surface area contributed by atoms with Gasteiger partial charge in [0, 0.05) is 5.39 Å². The van der Waals surface area contributed by atoms with E-state index in [9.17, 15) is 4.79 Å². The van der Waals surface area contributed by atoms with E-state index in [1.165, 1.54) is 7.11 Å². The monoisotopic (exact) mass is 269 g/mol. The van der Waals surface area contributed by atoms with Crippen molar-refractivity contribution >= 4 is 40.1 Å².